The van der Waals surface area contributed by atoms with Gasteiger partial charge in [0.2, 0.25) is 0 Å². The Bertz CT molecular complexity index is 204. The molecular formula is C12H21NO. The lowest BCUT2D eigenvalue weighted by Gasteiger charge is -2.17. The molecule has 0 spiro atoms. The summed E-state index contributed by atoms with van der Waals surface area (Å²) >= 11 is 0. The van der Waals surface area contributed by atoms with Gasteiger partial charge in [-0.05, 0) is 38.1 Å². The minimum absolute atomic E-state index is 0.00981. The van der Waals surface area contributed by atoms with E-state index in [1.807, 2.05) is 6.08 Å². The smallest absolute Gasteiger partial charge is 0.0583 e. The molecule has 80 valence electrons. The van der Waals surface area contributed by atoms with Crippen LogP contribution in [0, 0.1) is 11.8 Å². The molecule has 1 aliphatic heterocycles. The molecule has 1 N–H and O–H groups in total. The van der Waals surface area contributed by atoms with Crippen molar-refractivity contribution in [3.05, 3.63) is 12.7 Å². The first-order valence-electron chi connectivity index (χ1n) is 5.82. The lowest BCUT2D eigenvalue weighted by atomic mass is 10.00. The highest BCUT2D eigenvalue weighted by atomic mass is 16.3. The molecule has 0 aromatic carbocycles. The fourth-order valence-electron chi connectivity index (χ4n) is 2.97. The van der Waals surface area contributed by atoms with Gasteiger partial charge in [-0.2, -0.15) is 0 Å². The van der Waals surface area contributed by atoms with Crippen LogP contribution in [0.15, 0.2) is 12.7 Å². The fraction of sp³-hybridized carbons (Fsp3) is 0.833. The third-order valence-corrected chi connectivity index (χ3v) is 3.78. The molecule has 0 bridgehead atoms. The molecule has 3 unspecified atom stereocenters. The molecular weight excluding hydrogens is 174 g/mol. The number of hydrogen-bond acceptors (Lipinski definition) is 2. The Kier molecular flexibility index (Phi) is 3.24. The van der Waals surface area contributed by atoms with Crippen molar-refractivity contribution < 1.29 is 5.11 Å². The van der Waals surface area contributed by atoms with E-state index in [9.17, 15) is 5.11 Å². The number of allylic oxidation sites excluding steroid dienone is 1. The van der Waals surface area contributed by atoms with Gasteiger partial charge < -0.3 is 10.0 Å². The minimum Gasteiger partial charge on any atom is -0.393 e. The van der Waals surface area contributed by atoms with Gasteiger partial charge in [0.05, 0.1) is 6.10 Å². The predicted molar refractivity (Wildman–Crippen MR) is 58.1 cm³/mol. The summed E-state index contributed by atoms with van der Waals surface area (Å²) in [5.74, 6) is 1.37. The van der Waals surface area contributed by atoms with Crippen molar-refractivity contribution in [2.45, 2.75) is 31.8 Å². The molecule has 0 amide bonds. The third kappa shape index (κ3) is 2.01. The molecule has 1 heterocycles. The molecule has 2 heteroatoms. The minimum atomic E-state index is -0.00981. The van der Waals surface area contributed by atoms with Crippen LogP contribution in [-0.4, -0.2) is 35.7 Å². The van der Waals surface area contributed by atoms with E-state index in [0.717, 1.165) is 25.3 Å². The Balaban J connectivity index is 1.75. The number of aliphatic hydroxyl groups is 1. The lowest BCUT2D eigenvalue weighted by molar-refractivity contribution is 0.124. The second-order valence-electron chi connectivity index (χ2n) is 4.76. The zero-order valence-corrected chi connectivity index (χ0v) is 8.86. The summed E-state index contributed by atoms with van der Waals surface area (Å²) in [6, 6.07) is 0. The van der Waals surface area contributed by atoms with Crippen molar-refractivity contribution in [3.63, 3.8) is 0 Å². The van der Waals surface area contributed by atoms with Crippen molar-refractivity contribution in [1.82, 2.24) is 4.90 Å². The molecule has 0 radical (unpaired) electrons. The first-order chi connectivity index (χ1) is 6.81. The molecule has 3 atom stereocenters. The van der Waals surface area contributed by atoms with E-state index < -0.39 is 0 Å². The van der Waals surface area contributed by atoms with Gasteiger partial charge in [-0.25, -0.2) is 0 Å². The summed E-state index contributed by atoms with van der Waals surface area (Å²) in [5, 5.41) is 9.75. The summed E-state index contributed by atoms with van der Waals surface area (Å²) in [6.45, 7) is 7.27. The van der Waals surface area contributed by atoms with Gasteiger partial charge in [0.1, 0.15) is 0 Å². The Labute approximate surface area is 86.6 Å². The van der Waals surface area contributed by atoms with Crippen LogP contribution in [0.5, 0.6) is 0 Å². The average molecular weight is 195 g/mol. The van der Waals surface area contributed by atoms with Gasteiger partial charge >= 0.3 is 0 Å². The van der Waals surface area contributed by atoms with E-state index in [4.69, 9.17) is 0 Å². The van der Waals surface area contributed by atoms with Crippen molar-refractivity contribution in [1.29, 1.82) is 0 Å². The largest absolute Gasteiger partial charge is 0.393 e. The highest BCUT2D eigenvalue weighted by molar-refractivity contribution is 4.93. The second-order valence-corrected chi connectivity index (χ2v) is 4.76. The van der Waals surface area contributed by atoms with E-state index in [2.05, 4.69) is 11.5 Å². The topological polar surface area (TPSA) is 23.5 Å². The van der Waals surface area contributed by atoms with Gasteiger partial charge in [-0.1, -0.05) is 6.08 Å². The van der Waals surface area contributed by atoms with Gasteiger partial charge in [0.25, 0.3) is 0 Å². The Hall–Kier alpha value is -0.340. The summed E-state index contributed by atoms with van der Waals surface area (Å²) in [6.07, 6.45) is 6.60. The zero-order valence-electron chi connectivity index (χ0n) is 8.86. The maximum Gasteiger partial charge on any atom is 0.0583 e. The highest BCUT2D eigenvalue weighted by Gasteiger charge is 2.41. The van der Waals surface area contributed by atoms with Crippen molar-refractivity contribution in [2.24, 2.45) is 11.8 Å². The average Bonchev–Trinajstić information content (AvgIpc) is 2.70. The zero-order chi connectivity index (χ0) is 9.97. The molecule has 2 aliphatic rings. The Morgan fingerprint density at radius 1 is 1.36 bits per heavy atom. The van der Waals surface area contributed by atoms with E-state index >= 15 is 0 Å². The number of rotatable bonds is 4. The van der Waals surface area contributed by atoms with E-state index in [1.54, 1.807) is 0 Å². The second kappa shape index (κ2) is 4.45. The number of likely N-dealkylation sites (tertiary alicyclic amines) is 1. The number of aliphatic hydroxyl groups excluding tert-OH is 1. The summed E-state index contributed by atoms with van der Waals surface area (Å²) in [4.78, 5) is 2.52. The van der Waals surface area contributed by atoms with Crippen LogP contribution in [-0.2, 0) is 0 Å². The van der Waals surface area contributed by atoms with Crippen LogP contribution in [0.25, 0.3) is 0 Å². The monoisotopic (exact) mass is 195 g/mol. The van der Waals surface area contributed by atoms with Crippen LogP contribution in [0.4, 0.5) is 0 Å². The Morgan fingerprint density at radius 3 is 2.93 bits per heavy atom. The first-order valence-corrected chi connectivity index (χ1v) is 5.82. The molecule has 2 rings (SSSR count). The van der Waals surface area contributed by atoms with Crippen LogP contribution in [0.2, 0.25) is 0 Å². The van der Waals surface area contributed by atoms with Crippen molar-refractivity contribution >= 4 is 0 Å². The maximum atomic E-state index is 9.75. The molecule has 1 saturated carbocycles. The highest BCUT2D eigenvalue weighted by Crippen LogP contribution is 2.37. The molecule has 0 aromatic rings. The molecule has 0 aromatic heterocycles. The van der Waals surface area contributed by atoms with Crippen LogP contribution in [0.3, 0.4) is 0 Å². The summed E-state index contributed by atoms with van der Waals surface area (Å²) in [5.41, 5.74) is 0. The van der Waals surface area contributed by atoms with Crippen LogP contribution >= 0.6 is 0 Å². The van der Waals surface area contributed by atoms with Crippen LogP contribution in [0.1, 0.15) is 25.7 Å². The van der Waals surface area contributed by atoms with Crippen molar-refractivity contribution in [2.75, 3.05) is 19.6 Å². The van der Waals surface area contributed by atoms with Crippen molar-refractivity contribution in [3.8, 4) is 0 Å². The van der Waals surface area contributed by atoms with Gasteiger partial charge in [-0.15, -0.1) is 6.58 Å². The summed E-state index contributed by atoms with van der Waals surface area (Å²) < 4.78 is 0. The lowest BCUT2D eigenvalue weighted by Crippen LogP contribution is -2.25. The number of nitrogens with zero attached hydrogens (tertiary/aromatic N) is 1. The van der Waals surface area contributed by atoms with E-state index in [1.165, 1.54) is 25.9 Å². The molecule has 1 saturated heterocycles. The Morgan fingerprint density at radius 2 is 2.21 bits per heavy atom. The van der Waals surface area contributed by atoms with E-state index in [0.29, 0.717) is 5.92 Å². The van der Waals surface area contributed by atoms with Gasteiger partial charge in [0.15, 0.2) is 0 Å². The summed E-state index contributed by atoms with van der Waals surface area (Å²) in [7, 11) is 0. The number of unbranched alkanes of at least 4 members (excludes halogenated alkanes) is 1. The SMILES string of the molecule is C=CCCCN1CC2CCC(O)C2C1. The van der Waals surface area contributed by atoms with Gasteiger partial charge in [-0.3, -0.25) is 0 Å². The maximum absolute atomic E-state index is 9.75. The predicted octanol–water partition coefficient (Wildman–Crippen LogP) is 1.66. The van der Waals surface area contributed by atoms with Gasteiger partial charge in [0, 0.05) is 19.0 Å². The fourth-order valence-corrected chi connectivity index (χ4v) is 2.97. The first kappa shape index (κ1) is 10.2. The standard InChI is InChI=1S/C12H21NO/c1-2-3-4-7-13-8-10-5-6-12(14)11(10)9-13/h2,10-12,14H,1,3-9H2. The molecule has 2 fully saturated rings. The molecule has 2 nitrogen and oxygen atoms in total. The number of fused-ring (bicyclic) bond motifs is 1. The molecule has 14 heavy (non-hydrogen) atoms. The quantitative estimate of drug-likeness (QED) is 0.544. The normalized spacial score (nSPS) is 37.4. The number of hydrogen-bond donors (Lipinski definition) is 1. The van der Waals surface area contributed by atoms with Crippen LogP contribution < -0.4 is 0 Å². The molecule has 1 aliphatic carbocycles. The van der Waals surface area contributed by atoms with E-state index in [-0.39, 0.29) is 6.10 Å². The third-order valence-electron chi connectivity index (χ3n) is 3.78.